The average molecular weight is 210 g/mol. The Labute approximate surface area is 92.1 Å². The van der Waals surface area contributed by atoms with E-state index in [2.05, 4.69) is 36.2 Å². The zero-order valence-electron chi connectivity index (χ0n) is 10.2. The van der Waals surface area contributed by atoms with Crippen LogP contribution in [0, 0.1) is 11.8 Å². The van der Waals surface area contributed by atoms with Gasteiger partial charge in [0, 0.05) is 13.5 Å². The lowest BCUT2D eigenvalue weighted by molar-refractivity contribution is 0.353. The monoisotopic (exact) mass is 210 g/mol. The van der Waals surface area contributed by atoms with Crippen molar-refractivity contribution in [2.45, 2.75) is 27.2 Å². The van der Waals surface area contributed by atoms with Gasteiger partial charge in [-0.1, -0.05) is 20.8 Å². The zero-order valence-corrected chi connectivity index (χ0v) is 10.2. The Kier molecular flexibility index (Phi) is 4.75. The van der Waals surface area contributed by atoms with Crippen molar-refractivity contribution in [3.8, 4) is 0 Å². The molecule has 0 bridgehead atoms. The minimum atomic E-state index is 0.632. The summed E-state index contributed by atoms with van der Waals surface area (Å²) >= 11 is 0. The molecule has 1 rings (SSSR count). The smallest absolute Gasteiger partial charge is 0.138 e. The fourth-order valence-corrected chi connectivity index (χ4v) is 1.61. The fourth-order valence-electron chi connectivity index (χ4n) is 1.61. The standard InChI is InChI=1S/C11H22N4/c1-5-12-7-10(9(2)3)6-11-13-8-14-15(11)4/h8-10,12H,5-7H2,1-4H3. The molecule has 1 aromatic heterocycles. The molecular formula is C11H22N4. The van der Waals surface area contributed by atoms with Gasteiger partial charge in [-0.15, -0.1) is 0 Å². The van der Waals surface area contributed by atoms with Crippen molar-refractivity contribution < 1.29 is 0 Å². The van der Waals surface area contributed by atoms with Crippen molar-refractivity contribution in [3.63, 3.8) is 0 Å². The van der Waals surface area contributed by atoms with Crippen molar-refractivity contribution in [3.05, 3.63) is 12.2 Å². The van der Waals surface area contributed by atoms with E-state index >= 15 is 0 Å². The predicted molar refractivity (Wildman–Crippen MR) is 61.6 cm³/mol. The summed E-state index contributed by atoms with van der Waals surface area (Å²) in [5.41, 5.74) is 0. The molecule has 0 spiro atoms. The fraction of sp³-hybridized carbons (Fsp3) is 0.818. The molecule has 0 aromatic carbocycles. The Bertz CT molecular complexity index is 280. The number of nitrogens with zero attached hydrogens (tertiary/aromatic N) is 3. The second kappa shape index (κ2) is 5.85. The molecule has 86 valence electrons. The summed E-state index contributed by atoms with van der Waals surface area (Å²) in [4.78, 5) is 4.27. The molecule has 0 saturated carbocycles. The van der Waals surface area contributed by atoms with Gasteiger partial charge in [0.15, 0.2) is 0 Å². The van der Waals surface area contributed by atoms with Crippen LogP contribution in [0.3, 0.4) is 0 Å². The van der Waals surface area contributed by atoms with Crippen LogP contribution in [0.15, 0.2) is 6.33 Å². The Morgan fingerprint density at radius 1 is 1.47 bits per heavy atom. The normalized spacial score (nSPS) is 13.4. The van der Waals surface area contributed by atoms with E-state index in [4.69, 9.17) is 0 Å². The second-order valence-corrected chi connectivity index (χ2v) is 4.32. The minimum absolute atomic E-state index is 0.632. The lowest BCUT2D eigenvalue weighted by Crippen LogP contribution is -2.28. The van der Waals surface area contributed by atoms with E-state index in [1.54, 1.807) is 6.33 Å². The van der Waals surface area contributed by atoms with Crippen LogP contribution in [-0.2, 0) is 13.5 Å². The molecule has 0 amide bonds. The van der Waals surface area contributed by atoms with Crippen molar-refractivity contribution in [2.24, 2.45) is 18.9 Å². The van der Waals surface area contributed by atoms with Gasteiger partial charge in [-0.05, 0) is 24.9 Å². The van der Waals surface area contributed by atoms with E-state index < -0.39 is 0 Å². The summed E-state index contributed by atoms with van der Waals surface area (Å²) in [5.74, 6) is 2.38. The maximum atomic E-state index is 4.27. The summed E-state index contributed by atoms with van der Waals surface area (Å²) in [5, 5.41) is 7.50. The Balaban J connectivity index is 2.54. The van der Waals surface area contributed by atoms with E-state index in [-0.39, 0.29) is 0 Å². The molecule has 0 aliphatic carbocycles. The molecule has 0 fully saturated rings. The Morgan fingerprint density at radius 2 is 2.20 bits per heavy atom. The highest BCUT2D eigenvalue weighted by molar-refractivity contribution is 4.87. The molecule has 4 heteroatoms. The lowest BCUT2D eigenvalue weighted by atomic mass is 9.92. The van der Waals surface area contributed by atoms with Crippen molar-refractivity contribution in [2.75, 3.05) is 13.1 Å². The van der Waals surface area contributed by atoms with Crippen LogP contribution in [0.4, 0.5) is 0 Å². The zero-order chi connectivity index (χ0) is 11.3. The first-order chi connectivity index (χ1) is 7.15. The lowest BCUT2D eigenvalue weighted by Gasteiger charge is -2.20. The number of rotatable bonds is 6. The van der Waals surface area contributed by atoms with Crippen LogP contribution in [0.5, 0.6) is 0 Å². The van der Waals surface area contributed by atoms with Crippen LogP contribution in [0.2, 0.25) is 0 Å². The molecule has 15 heavy (non-hydrogen) atoms. The van der Waals surface area contributed by atoms with Gasteiger partial charge in [0.25, 0.3) is 0 Å². The number of aromatic nitrogens is 3. The highest BCUT2D eigenvalue weighted by atomic mass is 15.3. The molecule has 0 aliphatic heterocycles. The summed E-state index contributed by atoms with van der Waals surface area (Å²) in [7, 11) is 1.95. The predicted octanol–water partition coefficient (Wildman–Crippen LogP) is 1.24. The molecule has 1 unspecified atom stereocenters. The Hall–Kier alpha value is -0.900. The average Bonchev–Trinajstić information content (AvgIpc) is 2.58. The molecule has 0 aliphatic rings. The van der Waals surface area contributed by atoms with Crippen molar-refractivity contribution in [1.82, 2.24) is 20.1 Å². The highest BCUT2D eigenvalue weighted by Gasteiger charge is 2.15. The van der Waals surface area contributed by atoms with Gasteiger partial charge in [-0.3, -0.25) is 4.68 Å². The highest BCUT2D eigenvalue weighted by Crippen LogP contribution is 2.14. The number of aryl methyl sites for hydroxylation is 1. The summed E-state index contributed by atoms with van der Waals surface area (Å²) in [6, 6.07) is 0. The van der Waals surface area contributed by atoms with E-state index in [9.17, 15) is 0 Å². The third kappa shape index (κ3) is 3.63. The number of hydrogen-bond acceptors (Lipinski definition) is 3. The van der Waals surface area contributed by atoms with E-state index in [1.807, 2.05) is 11.7 Å². The van der Waals surface area contributed by atoms with Gasteiger partial charge in [-0.25, -0.2) is 4.98 Å². The van der Waals surface area contributed by atoms with E-state index in [1.165, 1.54) is 0 Å². The topological polar surface area (TPSA) is 42.7 Å². The van der Waals surface area contributed by atoms with Gasteiger partial charge < -0.3 is 5.32 Å². The Morgan fingerprint density at radius 3 is 2.67 bits per heavy atom. The first-order valence-corrected chi connectivity index (χ1v) is 5.68. The largest absolute Gasteiger partial charge is 0.317 e. The molecule has 1 N–H and O–H groups in total. The maximum Gasteiger partial charge on any atom is 0.138 e. The van der Waals surface area contributed by atoms with Gasteiger partial charge in [0.05, 0.1) is 0 Å². The van der Waals surface area contributed by atoms with Crippen LogP contribution in [0.1, 0.15) is 26.6 Å². The molecule has 0 saturated heterocycles. The maximum absolute atomic E-state index is 4.27. The molecule has 4 nitrogen and oxygen atoms in total. The van der Waals surface area contributed by atoms with Crippen LogP contribution in [-0.4, -0.2) is 27.9 Å². The molecule has 1 atom stereocenters. The molecule has 0 radical (unpaired) electrons. The van der Waals surface area contributed by atoms with Crippen LogP contribution in [0.25, 0.3) is 0 Å². The number of hydrogen-bond donors (Lipinski definition) is 1. The molecule has 1 heterocycles. The van der Waals surface area contributed by atoms with E-state index in [0.717, 1.165) is 25.3 Å². The van der Waals surface area contributed by atoms with Crippen molar-refractivity contribution in [1.29, 1.82) is 0 Å². The second-order valence-electron chi connectivity index (χ2n) is 4.32. The molecule has 1 aromatic rings. The third-order valence-electron chi connectivity index (χ3n) is 2.85. The number of nitrogens with one attached hydrogen (secondary N) is 1. The first-order valence-electron chi connectivity index (χ1n) is 5.68. The summed E-state index contributed by atoms with van der Waals surface area (Å²) < 4.78 is 1.86. The minimum Gasteiger partial charge on any atom is -0.317 e. The molecular weight excluding hydrogens is 188 g/mol. The SMILES string of the molecule is CCNCC(Cc1ncnn1C)C(C)C. The summed E-state index contributed by atoms with van der Waals surface area (Å²) in [6.45, 7) is 8.75. The quantitative estimate of drug-likeness (QED) is 0.768. The van der Waals surface area contributed by atoms with Crippen LogP contribution >= 0.6 is 0 Å². The van der Waals surface area contributed by atoms with Gasteiger partial charge in [0.1, 0.15) is 12.2 Å². The van der Waals surface area contributed by atoms with Crippen molar-refractivity contribution >= 4 is 0 Å². The van der Waals surface area contributed by atoms with E-state index in [0.29, 0.717) is 11.8 Å². The summed E-state index contributed by atoms with van der Waals surface area (Å²) in [6.07, 6.45) is 2.63. The first kappa shape index (κ1) is 12.2. The van der Waals surface area contributed by atoms with Crippen LogP contribution < -0.4 is 5.32 Å². The van der Waals surface area contributed by atoms with Gasteiger partial charge >= 0.3 is 0 Å². The third-order valence-corrected chi connectivity index (χ3v) is 2.85. The van der Waals surface area contributed by atoms with Gasteiger partial charge in [0.2, 0.25) is 0 Å². The van der Waals surface area contributed by atoms with Gasteiger partial charge in [-0.2, -0.15) is 5.10 Å².